The lowest BCUT2D eigenvalue weighted by atomic mass is 10.1. The molecule has 1 aromatic heterocycles. The van der Waals surface area contributed by atoms with Gasteiger partial charge >= 0.3 is 0 Å². The van der Waals surface area contributed by atoms with E-state index >= 15 is 0 Å². The number of anilines is 2. The number of benzene rings is 2. The first-order valence-electron chi connectivity index (χ1n) is 9.45. The molecular formula is C22H21N5O2. The van der Waals surface area contributed by atoms with Crippen molar-refractivity contribution in [1.29, 1.82) is 0 Å². The van der Waals surface area contributed by atoms with Crippen LogP contribution in [0.25, 0.3) is 11.3 Å². The Hall–Kier alpha value is -3.74. The Kier molecular flexibility index (Phi) is 5.20. The summed E-state index contributed by atoms with van der Waals surface area (Å²) in [5, 5.41) is 2.91. The van der Waals surface area contributed by atoms with Gasteiger partial charge in [0, 0.05) is 36.3 Å². The molecule has 0 bridgehead atoms. The van der Waals surface area contributed by atoms with Gasteiger partial charge in [0.1, 0.15) is 5.82 Å². The van der Waals surface area contributed by atoms with Gasteiger partial charge in [-0.15, -0.1) is 0 Å². The number of nitrogens with zero attached hydrogens (tertiary/aromatic N) is 3. The first-order valence-corrected chi connectivity index (χ1v) is 9.45. The van der Waals surface area contributed by atoms with Crippen LogP contribution in [0, 0.1) is 0 Å². The summed E-state index contributed by atoms with van der Waals surface area (Å²) >= 11 is 0. The molecule has 0 radical (unpaired) electrons. The van der Waals surface area contributed by atoms with Crippen LogP contribution in [0.15, 0.2) is 60.9 Å². The van der Waals surface area contributed by atoms with Crippen molar-refractivity contribution in [2.24, 2.45) is 0 Å². The number of nitrogens with two attached hydrogens (primary N) is 1. The highest BCUT2D eigenvalue weighted by Crippen LogP contribution is 2.22. The van der Waals surface area contributed by atoms with Crippen molar-refractivity contribution in [3.05, 3.63) is 72.1 Å². The van der Waals surface area contributed by atoms with Crippen molar-refractivity contribution in [3.8, 4) is 11.3 Å². The zero-order valence-corrected chi connectivity index (χ0v) is 15.8. The molecule has 1 saturated heterocycles. The molecule has 7 nitrogen and oxygen atoms in total. The highest BCUT2D eigenvalue weighted by atomic mass is 16.2. The fraction of sp³-hybridized carbons (Fsp3) is 0.182. The molecule has 2 aromatic carbocycles. The summed E-state index contributed by atoms with van der Waals surface area (Å²) in [5.41, 5.74) is 9.60. The van der Waals surface area contributed by atoms with Gasteiger partial charge < -0.3 is 16.0 Å². The fourth-order valence-corrected chi connectivity index (χ4v) is 3.31. The molecule has 29 heavy (non-hydrogen) atoms. The van der Waals surface area contributed by atoms with Crippen LogP contribution in [0.1, 0.15) is 28.8 Å². The minimum Gasteiger partial charge on any atom is -0.382 e. The average molecular weight is 387 g/mol. The summed E-state index contributed by atoms with van der Waals surface area (Å²) in [4.78, 5) is 34.3. The maximum absolute atomic E-state index is 12.4. The molecule has 0 atom stereocenters. The Morgan fingerprint density at radius 1 is 1.07 bits per heavy atom. The van der Waals surface area contributed by atoms with Gasteiger partial charge in [0.15, 0.2) is 0 Å². The van der Waals surface area contributed by atoms with Gasteiger partial charge in [0.25, 0.3) is 5.91 Å². The number of amides is 2. The smallest absolute Gasteiger partial charge is 0.251 e. The Balaban J connectivity index is 1.36. The Morgan fingerprint density at radius 2 is 1.83 bits per heavy atom. The van der Waals surface area contributed by atoms with Gasteiger partial charge in [-0.25, -0.2) is 4.98 Å². The molecule has 1 aliphatic heterocycles. The molecule has 3 aromatic rings. The van der Waals surface area contributed by atoms with Gasteiger partial charge in [-0.3, -0.25) is 14.6 Å². The molecular weight excluding hydrogens is 366 g/mol. The summed E-state index contributed by atoms with van der Waals surface area (Å²) in [6, 6.07) is 14.8. The zero-order valence-electron chi connectivity index (χ0n) is 15.8. The second kappa shape index (κ2) is 8.10. The summed E-state index contributed by atoms with van der Waals surface area (Å²) in [5.74, 6) is 0.358. The molecule has 146 valence electrons. The molecule has 0 saturated carbocycles. The van der Waals surface area contributed by atoms with E-state index in [1.54, 1.807) is 23.2 Å². The number of nitrogen functional groups attached to an aromatic ring is 1. The van der Waals surface area contributed by atoms with E-state index in [2.05, 4.69) is 15.3 Å². The Bertz CT molecular complexity index is 1030. The predicted octanol–water partition coefficient (Wildman–Crippen LogP) is 2.78. The minimum atomic E-state index is -0.158. The largest absolute Gasteiger partial charge is 0.382 e. The van der Waals surface area contributed by atoms with E-state index in [4.69, 9.17) is 5.73 Å². The van der Waals surface area contributed by atoms with E-state index < -0.39 is 0 Å². The van der Waals surface area contributed by atoms with E-state index in [1.165, 1.54) is 6.20 Å². The predicted molar refractivity (Wildman–Crippen MR) is 111 cm³/mol. The second-order valence-electron chi connectivity index (χ2n) is 6.90. The molecule has 0 spiro atoms. The standard InChI is InChI=1S/C22H21N5O2/c23-20-14-24-13-19(26-20)16-5-7-17(8-6-16)22(29)25-12-15-3-9-18(10-4-15)27-11-1-2-21(27)28/h3-10,13-14H,1-2,11-12H2,(H2,23,26)(H,25,29). The van der Waals surface area contributed by atoms with Crippen LogP contribution in [0.5, 0.6) is 0 Å². The first-order chi connectivity index (χ1) is 14.1. The van der Waals surface area contributed by atoms with Gasteiger partial charge in [-0.2, -0.15) is 0 Å². The number of rotatable bonds is 5. The SMILES string of the molecule is Nc1cncc(-c2ccc(C(=O)NCc3ccc(N4CCCC4=O)cc3)cc2)n1. The quantitative estimate of drug-likeness (QED) is 0.701. The van der Waals surface area contributed by atoms with Gasteiger partial charge in [0.2, 0.25) is 5.91 Å². The summed E-state index contributed by atoms with van der Waals surface area (Å²) in [6.45, 7) is 1.18. The molecule has 1 aliphatic rings. The highest BCUT2D eigenvalue weighted by Gasteiger charge is 2.21. The fourth-order valence-electron chi connectivity index (χ4n) is 3.31. The summed E-state index contributed by atoms with van der Waals surface area (Å²) in [6.07, 6.45) is 4.63. The highest BCUT2D eigenvalue weighted by molar-refractivity contribution is 5.95. The molecule has 2 amide bonds. The maximum Gasteiger partial charge on any atom is 0.251 e. The molecule has 7 heteroatoms. The summed E-state index contributed by atoms with van der Waals surface area (Å²) < 4.78 is 0. The third kappa shape index (κ3) is 4.24. The molecule has 1 fully saturated rings. The lowest BCUT2D eigenvalue weighted by Crippen LogP contribution is -2.24. The van der Waals surface area contributed by atoms with Crippen molar-refractivity contribution in [3.63, 3.8) is 0 Å². The lowest BCUT2D eigenvalue weighted by Gasteiger charge is -2.16. The average Bonchev–Trinajstić information content (AvgIpc) is 3.18. The molecule has 0 unspecified atom stereocenters. The van der Waals surface area contributed by atoms with Crippen molar-refractivity contribution >= 4 is 23.3 Å². The van der Waals surface area contributed by atoms with E-state index in [0.29, 0.717) is 30.0 Å². The number of aromatic nitrogens is 2. The maximum atomic E-state index is 12.4. The Labute approximate surface area is 168 Å². The molecule has 0 aliphatic carbocycles. The van der Waals surface area contributed by atoms with Gasteiger partial charge in [0.05, 0.1) is 18.1 Å². The van der Waals surface area contributed by atoms with Gasteiger partial charge in [-0.05, 0) is 36.2 Å². The van der Waals surface area contributed by atoms with Crippen molar-refractivity contribution in [2.75, 3.05) is 17.2 Å². The lowest BCUT2D eigenvalue weighted by molar-refractivity contribution is -0.117. The van der Waals surface area contributed by atoms with E-state index in [0.717, 1.165) is 29.8 Å². The van der Waals surface area contributed by atoms with Crippen molar-refractivity contribution in [1.82, 2.24) is 15.3 Å². The van der Waals surface area contributed by atoms with E-state index in [1.807, 2.05) is 36.4 Å². The van der Waals surface area contributed by atoms with Crippen LogP contribution in [0.4, 0.5) is 11.5 Å². The third-order valence-electron chi connectivity index (χ3n) is 4.87. The molecule has 3 N–H and O–H groups in total. The van der Waals surface area contributed by atoms with Crippen LogP contribution in [-0.2, 0) is 11.3 Å². The van der Waals surface area contributed by atoms with Crippen molar-refractivity contribution < 1.29 is 9.59 Å². The van der Waals surface area contributed by atoms with Crippen LogP contribution in [0.2, 0.25) is 0 Å². The minimum absolute atomic E-state index is 0.158. The van der Waals surface area contributed by atoms with E-state index in [9.17, 15) is 9.59 Å². The number of carbonyl (C=O) groups is 2. The molecule has 4 rings (SSSR count). The number of hydrogen-bond acceptors (Lipinski definition) is 5. The van der Waals surface area contributed by atoms with Crippen LogP contribution in [0.3, 0.4) is 0 Å². The first kappa shape index (κ1) is 18.6. The molecule has 2 heterocycles. The summed E-state index contributed by atoms with van der Waals surface area (Å²) in [7, 11) is 0. The topological polar surface area (TPSA) is 101 Å². The zero-order chi connectivity index (χ0) is 20.2. The van der Waals surface area contributed by atoms with Crippen LogP contribution >= 0.6 is 0 Å². The normalized spacial score (nSPS) is 13.5. The van der Waals surface area contributed by atoms with Crippen LogP contribution in [-0.4, -0.2) is 28.3 Å². The number of carbonyl (C=O) groups excluding carboxylic acids is 2. The Morgan fingerprint density at radius 3 is 2.48 bits per heavy atom. The number of nitrogens with one attached hydrogen (secondary N) is 1. The van der Waals surface area contributed by atoms with E-state index in [-0.39, 0.29) is 11.8 Å². The second-order valence-corrected chi connectivity index (χ2v) is 6.90. The monoisotopic (exact) mass is 387 g/mol. The van der Waals surface area contributed by atoms with Crippen LogP contribution < -0.4 is 16.0 Å². The van der Waals surface area contributed by atoms with Crippen molar-refractivity contribution in [2.45, 2.75) is 19.4 Å². The number of hydrogen-bond donors (Lipinski definition) is 2. The third-order valence-corrected chi connectivity index (χ3v) is 4.87. The van der Waals surface area contributed by atoms with Gasteiger partial charge in [-0.1, -0.05) is 24.3 Å².